The Kier molecular flexibility index (Phi) is 5.70. The summed E-state index contributed by atoms with van der Waals surface area (Å²) in [5.74, 6) is -0.601. The fourth-order valence-corrected chi connectivity index (χ4v) is 3.35. The van der Waals surface area contributed by atoms with Crippen molar-refractivity contribution in [2.75, 3.05) is 6.61 Å². The van der Waals surface area contributed by atoms with Crippen LogP contribution in [-0.2, 0) is 4.74 Å². The number of carbonyl (C=O) groups is 2. The Balaban J connectivity index is 2.25. The van der Waals surface area contributed by atoms with E-state index in [1.807, 2.05) is 60.6 Å². The van der Waals surface area contributed by atoms with Gasteiger partial charge >= 0.3 is 5.97 Å². The molecule has 2 rings (SSSR count). The predicted molar refractivity (Wildman–Crippen MR) is 105 cm³/mol. The number of ketones is 1. The summed E-state index contributed by atoms with van der Waals surface area (Å²) in [5.41, 5.74) is 9.53. The van der Waals surface area contributed by atoms with Crippen LogP contribution in [0.1, 0.15) is 65.2 Å². The van der Waals surface area contributed by atoms with Gasteiger partial charge in [-0.3, -0.25) is 4.79 Å². The quantitative estimate of drug-likeness (QED) is 0.561. The van der Waals surface area contributed by atoms with E-state index < -0.39 is 5.97 Å². The number of rotatable bonds is 4. The van der Waals surface area contributed by atoms with Gasteiger partial charge in [0.15, 0.2) is 6.61 Å². The summed E-state index contributed by atoms with van der Waals surface area (Å²) in [6.07, 6.45) is 0. The van der Waals surface area contributed by atoms with Crippen molar-refractivity contribution in [3.8, 4) is 0 Å². The maximum absolute atomic E-state index is 12.7. The molecule has 0 aliphatic rings. The molecule has 0 atom stereocenters. The van der Waals surface area contributed by atoms with Crippen molar-refractivity contribution in [3.63, 3.8) is 0 Å². The van der Waals surface area contributed by atoms with Crippen LogP contribution in [0.3, 0.4) is 0 Å². The number of aryl methyl sites for hydroxylation is 3. The van der Waals surface area contributed by atoms with Crippen molar-refractivity contribution in [2.45, 2.75) is 55.4 Å². The fraction of sp³-hybridized carbons (Fsp3) is 0.391. The van der Waals surface area contributed by atoms with Gasteiger partial charge in [-0.25, -0.2) is 4.79 Å². The Labute approximate surface area is 156 Å². The van der Waals surface area contributed by atoms with Crippen LogP contribution in [0.2, 0.25) is 0 Å². The molecule has 0 aliphatic carbocycles. The maximum Gasteiger partial charge on any atom is 0.339 e. The van der Waals surface area contributed by atoms with Crippen LogP contribution in [0.4, 0.5) is 0 Å². The fourth-order valence-electron chi connectivity index (χ4n) is 3.35. The van der Waals surface area contributed by atoms with E-state index in [0.29, 0.717) is 11.1 Å². The topological polar surface area (TPSA) is 43.4 Å². The lowest BCUT2D eigenvalue weighted by Gasteiger charge is -2.17. The molecule has 0 N–H and O–H groups in total. The lowest BCUT2D eigenvalue weighted by molar-refractivity contribution is 0.0473. The summed E-state index contributed by atoms with van der Waals surface area (Å²) >= 11 is 0. The van der Waals surface area contributed by atoms with E-state index >= 15 is 0 Å². The second kappa shape index (κ2) is 7.45. The number of ether oxygens (including phenoxy) is 1. The average molecular weight is 352 g/mol. The molecular weight excluding hydrogens is 324 g/mol. The molecule has 3 nitrogen and oxygen atoms in total. The first kappa shape index (κ1) is 19.9. The van der Waals surface area contributed by atoms with E-state index in [-0.39, 0.29) is 12.4 Å². The first-order chi connectivity index (χ1) is 12.1. The lowest BCUT2D eigenvalue weighted by atomic mass is 9.90. The van der Waals surface area contributed by atoms with Crippen molar-refractivity contribution in [3.05, 3.63) is 67.8 Å². The van der Waals surface area contributed by atoms with Crippen molar-refractivity contribution in [1.82, 2.24) is 0 Å². The molecule has 0 aromatic heterocycles. The van der Waals surface area contributed by atoms with E-state index in [2.05, 4.69) is 6.92 Å². The van der Waals surface area contributed by atoms with E-state index in [4.69, 9.17) is 4.74 Å². The summed E-state index contributed by atoms with van der Waals surface area (Å²) in [7, 11) is 0. The van der Waals surface area contributed by atoms with Crippen LogP contribution in [0.25, 0.3) is 0 Å². The van der Waals surface area contributed by atoms with Crippen LogP contribution in [0, 0.1) is 55.4 Å². The third-order valence-corrected chi connectivity index (χ3v) is 5.68. The molecule has 0 saturated heterocycles. The molecule has 2 aromatic rings. The molecule has 26 heavy (non-hydrogen) atoms. The standard InChI is InChI=1S/C23H28O3/c1-12-9-14(3)20(10-13(12)2)21(24)11-26-23(25)22-18(7)16(5)15(4)17(6)19(22)8/h9-10H,11H2,1-8H3. The van der Waals surface area contributed by atoms with Gasteiger partial charge in [0.2, 0.25) is 5.78 Å². The molecule has 0 radical (unpaired) electrons. The Bertz CT molecular complexity index is 875. The Morgan fingerprint density at radius 1 is 0.692 bits per heavy atom. The molecule has 3 heteroatoms. The van der Waals surface area contributed by atoms with Crippen molar-refractivity contribution in [2.24, 2.45) is 0 Å². The molecular formula is C23H28O3. The number of hydrogen-bond donors (Lipinski definition) is 0. The highest BCUT2D eigenvalue weighted by Crippen LogP contribution is 2.26. The Morgan fingerprint density at radius 3 is 1.69 bits per heavy atom. The second-order valence-electron chi connectivity index (χ2n) is 7.25. The normalized spacial score (nSPS) is 10.8. The van der Waals surface area contributed by atoms with Gasteiger partial charge < -0.3 is 4.74 Å². The van der Waals surface area contributed by atoms with Gasteiger partial charge in [0.25, 0.3) is 0 Å². The van der Waals surface area contributed by atoms with E-state index in [1.165, 1.54) is 5.56 Å². The molecule has 0 bridgehead atoms. The zero-order valence-corrected chi connectivity index (χ0v) is 17.1. The molecule has 138 valence electrons. The first-order valence-electron chi connectivity index (χ1n) is 8.91. The van der Waals surface area contributed by atoms with Crippen molar-refractivity contribution in [1.29, 1.82) is 0 Å². The molecule has 0 unspecified atom stereocenters. The molecule has 0 spiro atoms. The van der Waals surface area contributed by atoms with Crippen LogP contribution >= 0.6 is 0 Å². The van der Waals surface area contributed by atoms with Gasteiger partial charge in [-0.05, 0) is 106 Å². The maximum atomic E-state index is 12.7. The summed E-state index contributed by atoms with van der Waals surface area (Å²) < 4.78 is 5.39. The monoisotopic (exact) mass is 352 g/mol. The summed E-state index contributed by atoms with van der Waals surface area (Å²) in [6, 6.07) is 3.86. The van der Waals surface area contributed by atoms with Crippen LogP contribution in [0.5, 0.6) is 0 Å². The highest BCUT2D eigenvalue weighted by atomic mass is 16.5. The highest BCUT2D eigenvalue weighted by molar-refractivity contribution is 6.01. The van der Waals surface area contributed by atoms with Gasteiger partial charge in [0.1, 0.15) is 0 Å². The zero-order valence-electron chi connectivity index (χ0n) is 17.1. The van der Waals surface area contributed by atoms with E-state index in [9.17, 15) is 9.59 Å². The number of carbonyl (C=O) groups excluding carboxylic acids is 2. The van der Waals surface area contributed by atoms with Crippen molar-refractivity contribution < 1.29 is 14.3 Å². The number of benzene rings is 2. The summed E-state index contributed by atoms with van der Waals surface area (Å²) in [5, 5.41) is 0. The predicted octanol–water partition coefficient (Wildman–Crippen LogP) is 5.19. The second-order valence-corrected chi connectivity index (χ2v) is 7.25. The van der Waals surface area contributed by atoms with E-state index in [0.717, 1.165) is 38.9 Å². The number of hydrogen-bond acceptors (Lipinski definition) is 3. The van der Waals surface area contributed by atoms with Gasteiger partial charge in [0, 0.05) is 5.56 Å². The third kappa shape index (κ3) is 3.57. The first-order valence-corrected chi connectivity index (χ1v) is 8.91. The SMILES string of the molecule is Cc1cc(C)c(C(=O)COC(=O)c2c(C)c(C)c(C)c(C)c2C)cc1C. The van der Waals surface area contributed by atoms with Crippen LogP contribution in [0.15, 0.2) is 12.1 Å². The molecule has 0 amide bonds. The summed E-state index contributed by atoms with van der Waals surface area (Å²) in [4.78, 5) is 25.2. The van der Waals surface area contributed by atoms with Gasteiger partial charge in [-0.2, -0.15) is 0 Å². The highest BCUT2D eigenvalue weighted by Gasteiger charge is 2.21. The molecule has 0 heterocycles. The molecule has 0 saturated carbocycles. The lowest BCUT2D eigenvalue weighted by Crippen LogP contribution is -2.18. The molecule has 2 aromatic carbocycles. The minimum absolute atomic E-state index is 0.171. The zero-order chi connectivity index (χ0) is 19.8. The van der Waals surface area contributed by atoms with Crippen LogP contribution < -0.4 is 0 Å². The minimum atomic E-state index is -0.430. The minimum Gasteiger partial charge on any atom is -0.454 e. The smallest absolute Gasteiger partial charge is 0.339 e. The van der Waals surface area contributed by atoms with Gasteiger partial charge in [-0.15, -0.1) is 0 Å². The summed E-state index contributed by atoms with van der Waals surface area (Å²) in [6.45, 7) is 15.6. The third-order valence-electron chi connectivity index (χ3n) is 5.68. The number of esters is 1. The number of Topliss-reactive ketones (excluding diaryl/α,β-unsaturated/α-hetero) is 1. The average Bonchev–Trinajstić information content (AvgIpc) is 2.59. The van der Waals surface area contributed by atoms with Crippen molar-refractivity contribution >= 4 is 11.8 Å². The van der Waals surface area contributed by atoms with E-state index in [1.54, 1.807) is 0 Å². The largest absolute Gasteiger partial charge is 0.454 e. The molecule has 0 aliphatic heterocycles. The Hall–Kier alpha value is -2.42. The van der Waals surface area contributed by atoms with Crippen LogP contribution in [-0.4, -0.2) is 18.4 Å². The Morgan fingerprint density at radius 2 is 1.15 bits per heavy atom. The van der Waals surface area contributed by atoms with Gasteiger partial charge in [-0.1, -0.05) is 6.07 Å². The van der Waals surface area contributed by atoms with Gasteiger partial charge in [0.05, 0.1) is 5.56 Å². The molecule has 0 fully saturated rings.